The fourth-order valence-electron chi connectivity index (χ4n) is 1.08. The van der Waals surface area contributed by atoms with Crippen molar-refractivity contribution in [2.45, 2.75) is 24.0 Å². The zero-order chi connectivity index (χ0) is 8.43. The SMILES string of the molecule is OC[C@H]1OC[C@H](O)[C@@H](O)[C@@H]1P. The lowest BCUT2D eigenvalue weighted by Crippen LogP contribution is -2.51. The number of rotatable bonds is 1. The monoisotopic (exact) mass is 180 g/mol. The van der Waals surface area contributed by atoms with E-state index in [4.69, 9.17) is 14.9 Å². The van der Waals surface area contributed by atoms with Crippen LogP contribution in [-0.4, -0.2) is 52.5 Å². The molecule has 1 aliphatic rings. The van der Waals surface area contributed by atoms with E-state index < -0.39 is 12.2 Å². The molecule has 0 aromatic rings. The zero-order valence-electron chi connectivity index (χ0n) is 6.05. The topological polar surface area (TPSA) is 69.9 Å². The molecule has 5 heteroatoms. The predicted octanol–water partition coefficient (Wildman–Crippen LogP) is -1.66. The molecule has 0 radical (unpaired) electrons. The second kappa shape index (κ2) is 3.78. The Hall–Kier alpha value is 0.270. The summed E-state index contributed by atoms with van der Waals surface area (Å²) in [5.74, 6) is 0. The van der Waals surface area contributed by atoms with Crippen LogP contribution in [0.5, 0.6) is 0 Å². The number of aliphatic hydroxyl groups is 3. The van der Waals surface area contributed by atoms with E-state index in [2.05, 4.69) is 9.24 Å². The summed E-state index contributed by atoms with van der Waals surface area (Å²) in [6.45, 7) is -0.0325. The predicted molar refractivity (Wildman–Crippen MR) is 42.3 cm³/mol. The fourth-order valence-corrected chi connectivity index (χ4v) is 1.57. The Morgan fingerprint density at radius 3 is 2.64 bits per heavy atom. The molecule has 0 aliphatic carbocycles. The van der Waals surface area contributed by atoms with E-state index >= 15 is 0 Å². The molecule has 0 amide bonds. The first-order valence-electron chi connectivity index (χ1n) is 3.51. The van der Waals surface area contributed by atoms with E-state index in [1.807, 2.05) is 0 Å². The molecular formula is C6H13O4P. The highest BCUT2D eigenvalue weighted by atomic mass is 31.0. The Morgan fingerprint density at radius 1 is 1.45 bits per heavy atom. The maximum absolute atomic E-state index is 9.29. The second-order valence-corrected chi connectivity index (χ2v) is 3.46. The normalized spacial score (nSPS) is 45.8. The Labute approximate surface area is 67.4 Å². The molecule has 0 aromatic carbocycles. The van der Waals surface area contributed by atoms with Crippen LogP contribution < -0.4 is 0 Å². The van der Waals surface area contributed by atoms with Crippen molar-refractivity contribution in [3.8, 4) is 0 Å². The van der Waals surface area contributed by atoms with Crippen molar-refractivity contribution < 1.29 is 20.1 Å². The maximum atomic E-state index is 9.29. The van der Waals surface area contributed by atoms with Crippen molar-refractivity contribution in [2.75, 3.05) is 13.2 Å². The number of hydrogen-bond acceptors (Lipinski definition) is 4. The molecule has 66 valence electrons. The molecule has 1 saturated heterocycles. The van der Waals surface area contributed by atoms with Gasteiger partial charge in [0.05, 0.1) is 25.4 Å². The highest BCUT2D eigenvalue weighted by Gasteiger charge is 2.35. The van der Waals surface area contributed by atoms with Gasteiger partial charge in [0.25, 0.3) is 0 Å². The third-order valence-corrected chi connectivity index (χ3v) is 2.70. The molecule has 0 spiro atoms. The van der Waals surface area contributed by atoms with E-state index in [9.17, 15) is 5.11 Å². The van der Waals surface area contributed by atoms with E-state index in [1.165, 1.54) is 0 Å². The van der Waals surface area contributed by atoms with Gasteiger partial charge < -0.3 is 20.1 Å². The van der Waals surface area contributed by atoms with E-state index in [-0.39, 0.29) is 25.0 Å². The van der Waals surface area contributed by atoms with Gasteiger partial charge in [-0.3, -0.25) is 0 Å². The van der Waals surface area contributed by atoms with Crippen molar-refractivity contribution in [3.05, 3.63) is 0 Å². The van der Waals surface area contributed by atoms with Crippen LogP contribution in [0.1, 0.15) is 0 Å². The van der Waals surface area contributed by atoms with Crippen LogP contribution in [0, 0.1) is 0 Å². The Kier molecular flexibility index (Phi) is 3.22. The highest BCUT2D eigenvalue weighted by Crippen LogP contribution is 2.21. The van der Waals surface area contributed by atoms with Gasteiger partial charge in [0, 0.05) is 5.66 Å². The van der Waals surface area contributed by atoms with Gasteiger partial charge in [0.2, 0.25) is 0 Å². The molecule has 0 aromatic heterocycles. The second-order valence-electron chi connectivity index (χ2n) is 2.69. The standard InChI is InChI=1S/C6H13O4P/c7-1-4-6(11)5(9)3(8)2-10-4/h3-9H,1-2,11H2/t3-,4+,5+,6+/m0/s1. The first kappa shape index (κ1) is 9.36. The van der Waals surface area contributed by atoms with E-state index in [0.29, 0.717) is 0 Å². The van der Waals surface area contributed by atoms with Crippen LogP contribution in [0.2, 0.25) is 0 Å². The molecule has 11 heavy (non-hydrogen) atoms. The van der Waals surface area contributed by atoms with Crippen molar-refractivity contribution in [1.29, 1.82) is 0 Å². The third kappa shape index (κ3) is 1.89. The summed E-state index contributed by atoms with van der Waals surface area (Å²) in [6.07, 6.45) is -2.02. The van der Waals surface area contributed by atoms with Gasteiger partial charge in [0.15, 0.2) is 0 Å². The highest BCUT2D eigenvalue weighted by molar-refractivity contribution is 7.17. The lowest BCUT2D eigenvalue weighted by molar-refractivity contribution is -0.126. The summed E-state index contributed by atoms with van der Waals surface area (Å²) in [5.41, 5.74) is -0.288. The lowest BCUT2D eigenvalue weighted by Gasteiger charge is -2.35. The maximum Gasteiger partial charge on any atom is 0.104 e. The molecular weight excluding hydrogens is 167 g/mol. The summed E-state index contributed by atoms with van der Waals surface area (Å²) >= 11 is 0. The lowest BCUT2D eigenvalue weighted by atomic mass is 10.0. The molecule has 1 fully saturated rings. The number of aliphatic hydroxyl groups excluding tert-OH is 3. The average molecular weight is 180 g/mol. The van der Waals surface area contributed by atoms with Crippen molar-refractivity contribution in [1.82, 2.24) is 0 Å². The summed E-state index contributed by atoms with van der Waals surface area (Å²) in [7, 11) is 2.36. The van der Waals surface area contributed by atoms with E-state index in [0.717, 1.165) is 0 Å². The van der Waals surface area contributed by atoms with Crippen molar-refractivity contribution >= 4 is 9.24 Å². The molecule has 1 unspecified atom stereocenters. The summed E-state index contributed by atoms with van der Waals surface area (Å²) in [5, 5.41) is 27.1. The van der Waals surface area contributed by atoms with Gasteiger partial charge in [-0.2, -0.15) is 0 Å². The molecule has 0 bridgehead atoms. The minimum absolute atomic E-state index is 0.0945. The molecule has 1 heterocycles. The fraction of sp³-hybridized carbons (Fsp3) is 1.00. The van der Waals surface area contributed by atoms with Gasteiger partial charge in [0.1, 0.15) is 6.10 Å². The molecule has 5 atom stereocenters. The molecule has 3 N–H and O–H groups in total. The molecule has 4 nitrogen and oxygen atoms in total. The third-order valence-electron chi connectivity index (χ3n) is 1.88. The molecule has 0 saturated carbocycles. The smallest absolute Gasteiger partial charge is 0.104 e. The average Bonchev–Trinajstić information content (AvgIpc) is 2.01. The first-order chi connectivity index (χ1) is 5.16. The van der Waals surface area contributed by atoms with Crippen molar-refractivity contribution in [2.24, 2.45) is 0 Å². The molecule has 1 aliphatic heterocycles. The van der Waals surface area contributed by atoms with Crippen LogP contribution in [0.15, 0.2) is 0 Å². The van der Waals surface area contributed by atoms with Gasteiger partial charge in [-0.25, -0.2) is 0 Å². The summed E-state index contributed by atoms with van der Waals surface area (Å²) in [6, 6.07) is 0. The van der Waals surface area contributed by atoms with Crippen molar-refractivity contribution in [3.63, 3.8) is 0 Å². The minimum atomic E-state index is -0.833. The summed E-state index contributed by atoms with van der Waals surface area (Å²) in [4.78, 5) is 0. The van der Waals surface area contributed by atoms with Crippen LogP contribution in [0.3, 0.4) is 0 Å². The van der Waals surface area contributed by atoms with Crippen LogP contribution in [-0.2, 0) is 4.74 Å². The quantitative estimate of drug-likeness (QED) is 0.422. The van der Waals surface area contributed by atoms with Gasteiger partial charge in [-0.05, 0) is 0 Å². The number of hydrogen-bond donors (Lipinski definition) is 3. The van der Waals surface area contributed by atoms with E-state index in [1.54, 1.807) is 0 Å². The Balaban J connectivity index is 2.52. The van der Waals surface area contributed by atoms with Crippen LogP contribution in [0.4, 0.5) is 0 Å². The van der Waals surface area contributed by atoms with Crippen LogP contribution in [0.25, 0.3) is 0 Å². The van der Waals surface area contributed by atoms with Crippen LogP contribution >= 0.6 is 9.24 Å². The zero-order valence-corrected chi connectivity index (χ0v) is 7.21. The van der Waals surface area contributed by atoms with Gasteiger partial charge in [-0.1, -0.05) is 0 Å². The van der Waals surface area contributed by atoms with Gasteiger partial charge in [-0.15, -0.1) is 9.24 Å². The van der Waals surface area contributed by atoms with Gasteiger partial charge >= 0.3 is 0 Å². The minimum Gasteiger partial charge on any atom is -0.394 e. The largest absolute Gasteiger partial charge is 0.394 e. The number of ether oxygens (including phenoxy) is 1. The summed E-state index contributed by atoms with van der Waals surface area (Å²) < 4.78 is 5.04. The Morgan fingerprint density at radius 2 is 2.09 bits per heavy atom. The molecule has 1 rings (SSSR count). The Bertz CT molecular complexity index is 130. The first-order valence-corrected chi connectivity index (χ1v) is 4.17.